The van der Waals surface area contributed by atoms with Crippen LogP contribution >= 0.6 is 0 Å². The van der Waals surface area contributed by atoms with Crippen molar-refractivity contribution in [3.63, 3.8) is 0 Å². The molecule has 0 spiro atoms. The van der Waals surface area contributed by atoms with Crippen molar-refractivity contribution < 1.29 is 0 Å². The molecule has 0 atom stereocenters. The number of rotatable bonds is 4. The summed E-state index contributed by atoms with van der Waals surface area (Å²) in [4.78, 5) is 0. The molecular formula is C47H26N4. The molecule has 0 saturated carbocycles. The lowest BCUT2D eigenvalue weighted by atomic mass is 9.83. The van der Waals surface area contributed by atoms with Crippen LogP contribution in [0.4, 0.5) is 0 Å². The average molecular weight is 647 g/mol. The van der Waals surface area contributed by atoms with Crippen molar-refractivity contribution in [1.29, 1.82) is 15.8 Å². The normalized spacial score (nSPS) is 11.1. The van der Waals surface area contributed by atoms with Gasteiger partial charge in [0, 0.05) is 22.0 Å². The summed E-state index contributed by atoms with van der Waals surface area (Å²) in [7, 11) is 0. The maximum Gasteiger partial charge on any atom is 0.0998 e. The summed E-state index contributed by atoms with van der Waals surface area (Å²) < 4.78 is 2.15. The Labute approximate surface area is 294 Å². The van der Waals surface area contributed by atoms with Crippen LogP contribution in [-0.2, 0) is 0 Å². The summed E-state index contributed by atoms with van der Waals surface area (Å²) in [5.74, 6) is 0. The molecule has 0 radical (unpaired) electrons. The first-order valence-electron chi connectivity index (χ1n) is 16.7. The number of benzene rings is 8. The third kappa shape index (κ3) is 4.66. The van der Waals surface area contributed by atoms with Gasteiger partial charge in [-0.05, 0) is 97.9 Å². The number of hydrogen-bond acceptors (Lipinski definition) is 3. The van der Waals surface area contributed by atoms with Gasteiger partial charge in [-0.2, -0.15) is 15.8 Å². The molecule has 1 aromatic heterocycles. The molecule has 0 unspecified atom stereocenters. The molecule has 4 heteroatoms. The predicted octanol–water partition coefficient (Wildman–Crippen LogP) is 11.7. The Kier molecular flexibility index (Phi) is 6.93. The zero-order valence-corrected chi connectivity index (χ0v) is 27.3. The van der Waals surface area contributed by atoms with Gasteiger partial charge >= 0.3 is 0 Å². The van der Waals surface area contributed by atoms with Crippen molar-refractivity contribution in [2.24, 2.45) is 0 Å². The molecule has 0 aliphatic rings. The lowest BCUT2D eigenvalue weighted by Gasteiger charge is -2.20. The van der Waals surface area contributed by atoms with Crippen molar-refractivity contribution in [2.75, 3.05) is 0 Å². The molecule has 9 rings (SSSR count). The highest BCUT2D eigenvalue weighted by molar-refractivity contribution is 6.22. The minimum absolute atomic E-state index is 0.521. The summed E-state index contributed by atoms with van der Waals surface area (Å²) in [5, 5.41) is 36.9. The monoisotopic (exact) mass is 646 g/mol. The van der Waals surface area contributed by atoms with Gasteiger partial charge in [-0.25, -0.2) is 0 Å². The van der Waals surface area contributed by atoms with E-state index < -0.39 is 0 Å². The van der Waals surface area contributed by atoms with Gasteiger partial charge < -0.3 is 4.57 Å². The molecule has 0 bridgehead atoms. The number of para-hydroxylation sites is 1. The van der Waals surface area contributed by atoms with Crippen molar-refractivity contribution in [3.8, 4) is 57.3 Å². The Morgan fingerprint density at radius 3 is 1.59 bits per heavy atom. The second-order valence-corrected chi connectivity index (χ2v) is 12.6. The van der Waals surface area contributed by atoms with Crippen molar-refractivity contribution >= 4 is 43.4 Å². The van der Waals surface area contributed by atoms with Gasteiger partial charge in [0.1, 0.15) is 0 Å². The first-order valence-corrected chi connectivity index (χ1v) is 16.7. The molecule has 8 aromatic carbocycles. The fourth-order valence-corrected chi connectivity index (χ4v) is 7.71. The van der Waals surface area contributed by atoms with Crippen LogP contribution in [0.25, 0.3) is 82.4 Å². The quantitative estimate of drug-likeness (QED) is 0.179. The first kappa shape index (κ1) is 29.7. The van der Waals surface area contributed by atoms with Crippen LogP contribution in [0.1, 0.15) is 16.7 Å². The van der Waals surface area contributed by atoms with Gasteiger partial charge in [0.2, 0.25) is 0 Å². The predicted molar refractivity (Wildman–Crippen MR) is 206 cm³/mol. The number of hydrogen-bond donors (Lipinski definition) is 0. The van der Waals surface area contributed by atoms with E-state index in [0.717, 1.165) is 76.9 Å². The van der Waals surface area contributed by atoms with Crippen LogP contribution in [-0.4, -0.2) is 4.57 Å². The zero-order chi connectivity index (χ0) is 34.5. The fourth-order valence-electron chi connectivity index (χ4n) is 7.71. The standard InChI is InChI=1S/C47H26N4/c48-27-30-18-21-36(35-22-20-34(26-33(35)29-50)51-44-17-9-8-12-37(44)42-24-31(28-49)19-23-45(42)51)43(25-30)47-40-15-6-4-13-38(40)46(32-10-2-1-3-11-32)39-14-5-7-16-41(39)47/h1-26H. The average Bonchev–Trinajstić information content (AvgIpc) is 3.53. The Hall–Kier alpha value is -7.45. The molecule has 0 aliphatic heterocycles. The van der Waals surface area contributed by atoms with Gasteiger partial charge in [0.05, 0.1) is 45.9 Å². The summed E-state index contributed by atoms with van der Waals surface area (Å²) in [6, 6.07) is 60.1. The maximum absolute atomic E-state index is 10.7. The van der Waals surface area contributed by atoms with E-state index in [-0.39, 0.29) is 0 Å². The van der Waals surface area contributed by atoms with E-state index in [2.05, 4.69) is 114 Å². The Morgan fingerprint density at radius 1 is 0.373 bits per heavy atom. The van der Waals surface area contributed by atoms with Gasteiger partial charge in [-0.3, -0.25) is 0 Å². The highest BCUT2D eigenvalue weighted by atomic mass is 15.0. The zero-order valence-electron chi connectivity index (χ0n) is 27.3. The molecule has 1 heterocycles. The third-order valence-corrected chi connectivity index (χ3v) is 9.89. The second kappa shape index (κ2) is 11.9. The molecule has 51 heavy (non-hydrogen) atoms. The van der Waals surface area contributed by atoms with Crippen LogP contribution in [0, 0.1) is 34.0 Å². The van der Waals surface area contributed by atoms with Gasteiger partial charge in [-0.1, -0.05) is 109 Å². The van der Waals surface area contributed by atoms with E-state index >= 15 is 0 Å². The topological polar surface area (TPSA) is 76.3 Å². The third-order valence-electron chi connectivity index (χ3n) is 9.89. The molecule has 9 aromatic rings. The molecule has 0 amide bonds. The van der Waals surface area contributed by atoms with Crippen molar-refractivity contribution in [3.05, 3.63) is 174 Å². The summed E-state index contributed by atoms with van der Waals surface area (Å²) in [5.41, 5.74) is 10.4. The first-order chi connectivity index (χ1) is 25.2. The SMILES string of the molecule is N#Cc1ccc(-c2ccc(-n3c4ccccc4c4cc(C#N)ccc43)cc2C#N)c(-c2c3ccccc3c(-c3ccccc3)c3ccccc23)c1. The molecule has 0 N–H and O–H groups in total. The van der Waals surface area contributed by atoms with Crippen LogP contribution in [0.2, 0.25) is 0 Å². The van der Waals surface area contributed by atoms with Crippen molar-refractivity contribution in [1.82, 2.24) is 4.57 Å². The van der Waals surface area contributed by atoms with E-state index in [1.165, 1.54) is 5.56 Å². The van der Waals surface area contributed by atoms with Gasteiger partial charge in [0.15, 0.2) is 0 Å². The smallest absolute Gasteiger partial charge is 0.0998 e. The van der Waals surface area contributed by atoms with E-state index in [4.69, 9.17) is 0 Å². The summed E-state index contributed by atoms with van der Waals surface area (Å²) >= 11 is 0. The summed E-state index contributed by atoms with van der Waals surface area (Å²) in [6.45, 7) is 0. The van der Waals surface area contributed by atoms with Crippen molar-refractivity contribution in [2.45, 2.75) is 0 Å². The van der Waals surface area contributed by atoms with Crippen LogP contribution in [0.5, 0.6) is 0 Å². The fraction of sp³-hybridized carbons (Fsp3) is 0. The Bertz CT molecular complexity index is 2940. The minimum atomic E-state index is 0.521. The number of aromatic nitrogens is 1. The Morgan fingerprint density at radius 2 is 0.922 bits per heavy atom. The van der Waals surface area contributed by atoms with Crippen LogP contribution < -0.4 is 0 Å². The van der Waals surface area contributed by atoms with E-state index in [0.29, 0.717) is 16.7 Å². The second-order valence-electron chi connectivity index (χ2n) is 12.6. The maximum atomic E-state index is 10.7. The molecular weight excluding hydrogens is 621 g/mol. The highest BCUT2D eigenvalue weighted by Crippen LogP contribution is 2.47. The molecule has 0 fully saturated rings. The molecule has 0 saturated heterocycles. The van der Waals surface area contributed by atoms with Gasteiger partial charge in [-0.15, -0.1) is 0 Å². The highest BCUT2D eigenvalue weighted by Gasteiger charge is 2.21. The largest absolute Gasteiger partial charge is 0.309 e. The summed E-state index contributed by atoms with van der Waals surface area (Å²) in [6.07, 6.45) is 0. The number of fused-ring (bicyclic) bond motifs is 5. The lowest BCUT2D eigenvalue weighted by molar-refractivity contribution is 1.18. The van der Waals surface area contributed by atoms with E-state index in [9.17, 15) is 15.8 Å². The Balaban J connectivity index is 1.32. The van der Waals surface area contributed by atoms with Crippen LogP contribution in [0.3, 0.4) is 0 Å². The van der Waals surface area contributed by atoms with Crippen LogP contribution in [0.15, 0.2) is 158 Å². The molecule has 4 nitrogen and oxygen atoms in total. The van der Waals surface area contributed by atoms with E-state index in [1.54, 1.807) is 0 Å². The molecule has 234 valence electrons. The number of nitrogens with zero attached hydrogens (tertiary/aromatic N) is 4. The number of nitriles is 3. The van der Waals surface area contributed by atoms with E-state index in [1.807, 2.05) is 66.7 Å². The lowest BCUT2D eigenvalue weighted by Crippen LogP contribution is -1.98. The minimum Gasteiger partial charge on any atom is -0.309 e. The molecule has 0 aliphatic carbocycles. The van der Waals surface area contributed by atoms with Gasteiger partial charge in [0.25, 0.3) is 0 Å².